The van der Waals surface area contributed by atoms with Gasteiger partial charge in [-0.3, -0.25) is 0 Å². The molecule has 0 amide bonds. The van der Waals surface area contributed by atoms with Gasteiger partial charge in [-0.25, -0.2) is 13.8 Å². The van der Waals surface area contributed by atoms with E-state index >= 15 is 0 Å². The zero-order valence-corrected chi connectivity index (χ0v) is 13.8. The summed E-state index contributed by atoms with van der Waals surface area (Å²) in [5, 5.41) is 3.46. The quantitative estimate of drug-likeness (QED) is 0.697. The minimum Gasteiger partial charge on any atom is -0.459 e. The molecule has 2 aromatic carbocycles. The van der Waals surface area contributed by atoms with Gasteiger partial charge in [0.1, 0.15) is 12.4 Å². The lowest BCUT2D eigenvalue weighted by Crippen LogP contribution is -2.07. The first-order chi connectivity index (χ1) is 12.1. The van der Waals surface area contributed by atoms with Crippen LogP contribution < -0.4 is 10.1 Å². The highest BCUT2D eigenvalue weighted by Gasteiger charge is 2.09. The Morgan fingerprint density at radius 1 is 1.04 bits per heavy atom. The molecule has 25 heavy (non-hydrogen) atoms. The van der Waals surface area contributed by atoms with Gasteiger partial charge in [-0.05, 0) is 29.3 Å². The van der Waals surface area contributed by atoms with Crippen molar-refractivity contribution in [1.82, 2.24) is 9.97 Å². The monoisotopic (exact) mass is 361 g/mol. The van der Waals surface area contributed by atoms with Gasteiger partial charge in [0, 0.05) is 11.6 Å². The molecule has 0 aliphatic carbocycles. The van der Waals surface area contributed by atoms with E-state index < -0.39 is 5.82 Å². The van der Waals surface area contributed by atoms with Gasteiger partial charge in [-0.1, -0.05) is 41.9 Å². The van der Waals surface area contributed by atoms with Crippen LogP contribution in [-0.2, 0) is 13.2 Å². The first-order valence-corrected chi connectivity index (χ1v) is 7.86. The molecule has 7 heteroatoms. The lowest BCUT2D eigenvalue weighted by atomic mass is 10.2. The van der Waals surface area contributed by atoms with Crippen LogP contribution in [0.2, 0.25) is 5.02 Å². The number of nitrogens with zero attached hydrogens (tertiary/aromatic N) is 2. The number of rotatable bonds is 6. The van der Waals surface area contributed by atoms with E-state index in [1.165, 1.54) is 12.1 Å². The Morgan fingerprint density at radius 2 is 1.80 bits per heavy atom. The average Bonchev–Trinajstić information content (AvgIpc) is 2.62. The van der Waals surface area contributed by atoms with Gasteiger partial charge >= 0.3 is 6.01 Å². The largest absolute Gasteiger partial charge is 0.459 e. The van der Waals surface area contributed by atoms with Crippen LogP contribution in [0.3, 0.4) is 0 Å². The molecule has 3 aromatic rings. The second-order valence-electron chi connectivity index (χ2n) is 5.21. The number of anilines is 1. The van der Waals surface area contributed by atoms with Gasteiger partial charge in [0.05, 0.1) is 6.20 Å². The molecule has 0 radical (unpaired) electrons. The van der Waals surface area contributed by atoms with E-state index in [1.54, 1.807) is 18.2 Å². The van der Waals surface area contributed by atoms with Crippen molar-refractivity contribution in [2.75, 3.05) is 5.32 Å². The Kier molecular flexibility index (Phi) is 5.40. The lowest BCUT2D eigenvalue weighted by Gasteiger charge is -2.10. The third-order valence-electron chi connectivity index (χ3n) is 3.41. The van der Waals surface area contributed by atoms with Crippen LogP contribution in [-0.4, -0.2) is 9.97 Å². The van der Waals surface area contributed by atoms with Gasteiger partial charge in [0.25, 0.3) is 0 Å². The van der Waals surface area contributed by atoms with E-state index in [1.807, 2.05) is 18.2 Å². The third-order valence-corrected chi connectivity index (χ3v) is 3.78. The average molecular weight is 362 g/mol. The Hall–Kier alpha value is -2.73. The number of ether oxygens (including phenoxy) is 1. The van der Waals surface area contributed by atoms with Crippen molar-refractivity contribution in [3.8, 4) is 6.01 Å². The molecular formula is C18H14ClF2N3O. The molecule has 3 rings (SSSR count). The van der Waals surface area contributed by atoms with Gasteiger partial charge < -0.3 is 10.1 Å². The van der Waals surface area contributed by atoms with E-state index in [2.05, 4.69) is 15.3 Å². The molecule has 0 atom stereocenters. The summed E-state index contributed by atoms with van der Waals surface area (Å²) in [5.74, 6) is -0.905. The molecule has 1 aromatic heterocycles. The molecule has 1 N–H and O–H groups in total. The first kappa shape index (κ1) is 17.1. The van der Waals surface area contributed by atoms with Gasteiger partial charge in [-0.15, -0.1) is 0 Å². The SMILES string of the molecule is Fc1ccc(COc2ncc(F)c(NCc3ccccc3Cl)n2)cc1. The van der Waals surface area contributed by atoms with Crippen molar-refractivity contribution in [2.45, 2.75) is 13.2 Å². The van der Waals surface area contributed by atoms with E-state index in [4.69, 9.17) is 16.3 Å². The Bertz CT molecular complexity index is 859. The maximum absolute atomic E-state index is 13.9. The van der Waals surface area contributed by atoms with Crippen LogP contribution in [0, 0.1) is 11.6 Å². The molecule has 0 spiro atoms. The van der Waals surface area contributed by atoms with E-state index in [9.17, 15) is 8.78 Å². The van der Waals surface area contributed by atoms with Crippen LogP contribution in [0.15, 0.2) is 54.7 Å². The van der Waals surface area contributed by atoms with E-state index in [0.717, 1.165) is 17.3 Å². The highest BCUT2D eigenvalue weighted by Crippen LogP contribution is 2.19. The van der Waals surface area contributed by atoms with Crippen molar-refractivity contribution in [3.05, 3.63) is 82.5 Å². The summed E-state index contributed by atoms with van der Waals surface area (Å²) in [6.07, 6.45) is 1.03. The molecule has 0 aliphatic heterocycles. The molecular weight excluding hydrogens is 348 g/mol. The topological polar surface area (TPSA) is 47.0 Å². The van der Waals surface area contributed by atoms with E-state index in [-0.39, 0.29) is 24.3 Å². The number of hydrogen-bond acceptors (Lipinski definition) is 4. The molecule has 128 valence electrons. The molecule has 0 saturated heterocycles. The van der Waals surface area contributed by atoms with Crippen LogP contribution in [0.1, 0.15) is 11.1 Å². The number of aromatic nitrogens is 2. The number of halogens is 3. The van der Waals surface area contributed by atoms with E-state index in [0.29, 0.717) is 11.6 Å². The Balaban J connectivity index is 1.65. The molecule has 0 saturated carbocycles. The highest BCUT2D eigenvalue weighted by molar-refractivity contribution is 6.31. The van der Waals surface area contributed by atoms with Crippen LogP contribution in [0.5, 0.6) is 6.01 Å². The van der Waals surface area contributed by atoms with Gasteiger partial charge in [0.15, 0.2) is 11.6 Å². The zero-order chi connectivity index (χ0) is 17.6. The summed E-state index contributed by atoms with van der Waals surface area (Å²) in [5.41, 5.74) is 1.57. The molecule has 0 aliphatic rings. The third kappa shape index (κ3) is 4.64. The fourth-order valence-electron chi connectivity index (χ4n) is 2.09. The second-order valence-corrected chi connectivity index (χ2v) is 5.62. The van der Waals surface area contributed by atoms with Crippen LogP contribution >= 0.6 is 11.6 Å². The Labute approximate surface area is 148 Å². The predicted octanol–water partition coefficient (Wildman–Crippen LogP) is 4.60. The van der Waals surface area contributed by atoms with Crippen molar-refractivity contribution in [1.29, 1.82) is 0 Å². The summed E-state index contributed by atoms with van der Waals surface area (Å²) in [6, 6.07) is 13.1. The van der Waals surface area contributed by atoms with Crippen molar-refractivity contribution in [3.63, 3.8) is 0 Å². The fourth-order valence-corrected chi connectivity index (χ4v) is 2.30. The van der Waals surface area contributed by atoms with Gasteiger partial charge in [-0.2, -0.15) is 4.98 Å². The molecule has 1 heterocycles. The summed E-state index contributed by atoms with van der Waals surface area (Å²) < 4.78 is 32.2. The fraction of sp³-hybridized carbons (Fsp3) is 0.111. The zero-order valence-electron chi connectivity index (χ0n) is 13.0. The first-order valence-electron chi connectivity index (χ1n) is 7.49. The highest BCUT2D eigenvalue weighted by atomic mass is 35.5. The van der Waals surface area contributed by atoms with Crippen LogP contribution in [0.4, 0.5) is 14.6 Å². The normalized spacial score (nSPS) is 10.5. The van der Waals surface area contributed by atoms with Crippen molar-refractivity contribution >= 4 is 17.4 Å². The van der Waals surface area contributed by atoms with Gasteiger partial charge in [0.2, 0.25) is 0 Å². The number of hydrogen-bond donors (Lipinski definition) is 1. The standard InChI is InChI=1S/C18H14ClF2N3O/c19-15-4-2-1-3-13(15)9-22-17-16(21)10-23-18(24-17)25-11-12-5-7-14(20)8-6-12/h1-8,10H,9,11H2,(H,22,23,24). The summed E-state index contributed by atoms with van der Waals surface area (Å²) in [7, 11) is 0. The summed E-state index contributed by atoms with van der Waals surface area (Å²) >= 11 is 6.07. The molecule has 4 nitrogen and oxygen atoms in total. The smallest absolute Gasteiger partial charge is 0.318 e. The van der Waals surface area contributed by atoms with Crippen LogP contribution in [0.25, 0.3) is 0 Å². The molecule has 0 bridgehead atoms. The maximum Gasteiger partial charge on any atom is 0.318 e. The maximum atomic E-state index is 13.9. The van der Waals surface area contributed by atoms with Crippen molar-refractivity contribution < 1.29 is 13.5 Å². The summed E-state index contributed by atoms with van der Waals surface area (Å²) in [4.78, 5) is 7.81. The minimum absolute atomic E-state index is 0.0176. The molecule has 0 fully saturated rings. The predicted molar refractivity (Wildman–Crippen MR) is 91.5 cm³/mol. The second kappa shape index (κ2) is 7.90. The summed E-state index contributed by atoms with van der Waals surface area (Å²) in [6.45, 7) is 0.459. The Morgan fingerprint density at radius 3 is 2.56 bits per heavy atom. The van der Waals surface area contributed by atoms with Crippen molar-refractivity contribution in [2.24, 2.45) is 0 Å². The molecule has 0 unspecified atom stereocenters. The number of benzene rings is 2. The minimum atomic E-state index is -0.596. The number of nitrogens with one attached hydrogen (secondary N) is 1. The lowest BCUT2D eigenvalue weighted by molar-refractivity contribution is 0.279.